The maximum atomic E-state index is 11.4. The SMILES string of the molecule is C=CN(C/C=C(N=C(C)OC1CCCCC1)/C(/C=C\C(C)=O)=C/C)SC(C)C. The molecule has 0 aromatic heterocycles. The molecule has 0 saturated heterocycles. The van der Waals surface area contributed by atoms with Crippen molar-refractivity contribution in [1.29, 1.82) is 0 Å². The minimum Gasteiger partial charge on any atom is -0.478 e. The lowest BCUT2D eigenvalue weighted by molar-refractivity contribution is -0.112. The van der Waals surface area contributed by atoms with E-state index < -0.39 is 0 Å². The van der Waals surface area contributed by atoms with Crippen LogP contribution in [-0.4, -0.2) is 33.9 Å². The summed E-state index contributed by atoms with van der Waals surface area (Å²) in [5.74, 6) is 0.691. The summed E-state index contributed by atoms with van der Waals surface area (Å²) in [5, 5.41) is 0.466. The molecule has 0 bridgehead atoms. The van der Waals surface area contributed by atoms with Crippen molar-refractivity contribution in [2.75, 3.05) is 6.54 Å². The number of aliphatic imine (C=N–C) groups is 1. The predicted molar refractivity (Wildman–Crippen MR) is 122 cm³/mol. The van der Waals surface area contributed by atoms with Gasteiger partial charge in [0.05, 0.1) is 5.70 Å². The van der Waals surface area contributed by atoms with E-state index in [4.69, 9.17) is 9.73 Å². The van der Waals surface area contributed by atoms with Gasteiger partial charge in [0.15, 0.2) is 11.7 Å². The Hall–Kier alpha value is -1.75. The standard InChI is InChI=1S/C23H36N2O2S/c1-7-21(15-14-19(5)26)23(16-17-25(8-2)28-18(3)4)24-20(6)27-22-12-10-9-11-13-22/h7-8,14-16,18,22H,2,9-13,17H2,1,3-6H3/b15-14-,21-7+,23-16-,24-20?. The highest BCUT2D eigenvalue weighted by atomic mass is 32.2. The molecule has 0 atom stereocenters. The molecule has 0 aliphatic heterocycles. The third-order valence-electron chi connectivity index (χ3n) is 4.29. The first kappa shape index (κ1) is 24.3. The van der Waals surface area contributed by atoms with Crippen molar-refractivity contribution < 1.29 is 9.53 Å². The molecule has 0 aromatic rings. The average Bonchev–Trinajstić information content (AvgIpc) is 2.65. The highest BCUT2D eigenvalue weighted by molar-refractivity contribution is 7.97. The zero-order chi connectivity index (χ0) is 20.9. The number of carbonyl (C=O) groups is 1. The normalized spacial score (nSPS) is 17.3. The lowest BCUT2D eigenvalue weighted by atomic mass is 9.98. The third-order valence-corrected chi connectivity index (χ3v) is 5.28. The Morgan fingerprint density at radius 2 is 1.93 bits per heavy atom. The van der Waals surface area contributed by atoms with Crippen LogP contribution >= 0.6 is 11.9 Å². The number of ether oxygens (including phenoxy) is 1. The second-order valence-electron chi connectivity index (χ2n) is 7.22. The van der Waals surface area contributed by atoms with E-state index in [0.29, 0.717) is 17.7 Å². The summed E-state index contributed by atoms with van der Waals surface area (Å²) in [4.78, 5) is 16.1. The van der Waals surface area contributed by atoms with Crippen LogP contribution in [0.3, 0.4) is 0 Å². The van der Waals surface area contributed by atoms with Crippen LogP contribution in [0.1, 0.15) is 66.7 Å². The van der Waals surface area contributed by atoms with Crippen LogP contribution in [-0.2, 0) is 9.53 Å². The monoisotopic (exact) mass is 404 g/mol. The summed E-state index contributed by atoms with van der Waals surface area (Å²) in [6.07, 6.45) is 15.5. The maximum absolute atomic E-state index is 11.4. The fourth-order valence-electron chi connectivity index (χ4n) is 2.99. The van der Waals surface area contributed by atoms with Gasteiger partial charge in [0.25, 0.3) is 0 Å². The predicted octanol–water partition coefficient (Wildman–Crippen LogP) is 6.23. The highest BCUT2D eigenvalue weighted by Crippen LogP contribution is 2.22. The Labute approximate surface area is 175 Å². The van der Waals surface area contributed by atoms with Crippen molar-refractivity contribution in [1.82, 2.24) is 4.31 Å². The quantitative estimate of drug-likeness (QED) is 0.142. The molecular formula is C23H36N2O2S. The van der Waals surface area contributed by atoms with E-state index in [9.17, 15) is 4.79 Å². The van der Waals surface area contributed by atoms with E-state index in [-0.39, 0.29) is 11.9 Å². The summed E-state index contributed by atoms with van der Waals surface area (Å²) >= 11 is 1.73. The molecule has 0 N–H and O–H groups in total. The van der Waals surface area contributed by atoms with Gasteiger partial charge in [-0.2, -0.15) is 0 Å². The number of allylic oxidation sites excluding steroid dienone is 3. The number of hydrogen-bond donors (Lipinski definition) is 0. The van der Waals surface area contributed by atoms with Gasteiger partial charge in [-0.15, -0.1) is 0 Å². The zero-order valence-electron chi connectivity index (χ0n) is 18.1. The van der Waals surface area contributed by atoms with Crippen molar-refractivity contribution in [2.45, 2.75) is 78.1 Å². The second kappa shape index (κ2) is 13.4. The third kappa shape index (κ3) is 9.98. The van der Waals surface area contributed by atoms with Crippen LogP contribution in [0.4, 0.5) is 0 Å². The molecule has 156 valence electrons. The van der Waals surface area contributed by atoms with E-state index >= 15 is 0 Å². The van der Waals surface area contributed by atoms with Gasteiger partial charge in [0.2, 0.25) is 0 Å². The fourth-order valence-corrected chi connectivity index (χ4v) is 3.78. The maximum Gasteiger partial charge on any atom is 0.185 e. The molecule has 1 saturated carbocycles. The molecule has 0 amide bonds. The molecule has 0 unspecified atom stereocenters. The first-order chi connectivity index (χ1) is 13.3. The lowest BCUT2D eigenvalue weighted by Gasteiger charge is -2.23. The van der Waals surface area contributed by atoms with Gasteiger partial charge < -0.3 is 9.04 Å². The molecule has 5 heteroatoms. The molecule has 1 fully saturated rings. The molecule has 1 aliphatic rings. The molecule has 1 rings (SSSR count). The molecule has 4 nitrogen and oxygen atoms in total. The van der Waals surface area contributed by atoms with Crippen LogP contribution in [0.15, 0.2) is 53.3 Å². The second-order valence-corrected chi connectivity index (χ2v) is 8.85. The van der Waals surface area contributed by atoms with Crippen molar-refractivity contribution in [3.8, 4) is 0 Å². The Kier molecular flexibility index (Phi) is 11.7. The Morgan fingerprint density at radius 3 is 2.46 bits per heavy atom. The van der Waals surface area contributed by atoms with E-state index in [1.807, 2.05) is 32.2 Å². The topological polar surface area (TPSA) is 41.9 Å². The lowest BCUT2D eigenvalue weighted by Crippen LogP contribution is -2.19. The molecule has 0 radical (unpaired) electrons. The van der Waals surface area contributed by atoms with Crippen molar-refractivity contribution in [2.24, 2.45) is 4.99 Å². The number of ketones is 1. The smallest absolute Gasteiger partial charge is 0.185 e. The van der Waals surface area contributed by atoms with Crippen molar-refractivity contribution >= 4 is 23.6 Å². The molecular weight excluding hydrogens is 368 g/mol. The Bertz CT molecular complexity index is 627. The van der Waals surface area contributed by atoms with Gasteiger partial charge in [0.1, 0.15) is 6.10 Å². The molecule has 0 heterocycles. The summed E-state index contributed by atoms with van der Waals surface area (Å²) in [6, 6.07) is 0. The largest absolute Gasteiger partial charge is 0.478 e. The van der Waals surface area contributed by atoms with Gasteiger partial charge in [-0.05, 0) is 75.3 Å². The fraction of sp³-hybridized carbons (Fsp3) is 0.565. The van der Waals surface area contributed by atoms with E-state index in [1.165, 1.54) is 19.3 Å². The van der Waals surface area contributed by atoms with Crippen LogP contribution < -0.4 is 0 Å². The molecule has 28 heavy (non-hydrogen) atoms. The average molecular weight is 405 g/mol. The van der Waals surface area contributed by atoms with Crippen molar-refractivity contribution in [3.63, 3.8) is 0 Å². The molecule has 0 spiro atoms. The molecule has 1 aliphatic carbocycles. The summed E-state index contributed by atoms with van der Waals surface area (Å²) in [5.41, 5.74) is 1.71. The zero-order valence-corrected chi connectivity index (χ0v) is 18.9. The summed E-state index contributed by atoms with van der Waals surface area (Å²) < 4.78 is 8.17. The summed E-state index contributed by atoms with van der Waals surface area (Å²) in [7, 11) is 0. The number of carbonyl (C=O) groups excluding carboxylic acids is 1. The molecule has 0 aromatic carbocycles. The Morgan fingerprint density at radius 1 is 1.25 bits per heavy atom. The number of nitrogens with zero attached hydrogens (tertiary/aromatic N) is 2. The van der Waals surface area contributed by atoms with E-state index in [1.54, 1.807) is 24.9 Å². The summed E-state index contributed by atoms with van der Waals surface area (Å²) in [6.45, 7) is 14.3. The van der Waals surface area contributed by atoms with Crippen LogP contribution in [0.2, 0.25) is 0 Å². The first-order valence-corrected chi connectivity index (χ1v) is 11.0. The van der Waals surface area contributed by atoms with E-state index in [2.05, 4.69) is 30.8 Å². The van der Waals surface area contributed by atoms with Crippen molar-refractivity contribution in [3.05, 3.63) is 48.4 Å². The number of hydrogen-bond acceptors (Lipinski definition) is 5. The van der Waals surface area contributed by atoms with Crippen LogP contribution in [0, 0.1) is 0 Å². The van der Waals surface area contributed by atoms with Gasteiger partial charge in [0, 0.05) is 24.9 Å². The Balaban J connectivity index is 3.03. The van der Waals surface area contributed by atoms with Gasteiger partial charge in [-0.3, -0.25) is 4.79 Å². The van der Waals surface area contributed by atoms with Gasteiger partial charge in [-0.25, -0.2) is 4.99 Å². The van der Waals surface area contributed by atoms with Crippen LogP contribution in [0.5, 0.6) is 0 Å². The number of rotatable bonds is 10. The minimum atomic E-state index is 0.0148. The highest BCUT2D eigenvalue weighted by Gasteiger charge is 2.15. The van der Waals surface area contributed by atoms with Gasteiger partial charge in [-0.1, -0.05) is 32.9 Å². The van der Waals surface area contributed by atoms with E-state index in [0.717, 1.165) is 24.1 Å². The van der Waals surface area contributed by atoms with Gasteiger partial charge >= 0.3 is 0 Å². The minimum absolute atomic E-state index is 0.0148. The first-order valence-electron chi connectivity index (χ1n) is 10.2. The van der Waals surface area contributed by atoms with Crippen LogP contribution in [0.25, 0.3) is 0 Å².